The lowest BCUT2D eigenvalue weighted by Crippen LogP contribution is -1.98. The first-order valence-electron chi connectivity index (χ1n) is 5.43. The average Bonchev–Trinajstić information content (AvgIpc) is 2.89. The topological polar surface area (TPSA) is 57.4 Å². The summed E-state index contributed by atoms with van der Waals surface area (Å²) in [6.45, 7) is 2.69. The van der Waals surface area contributed by atoms with Gasteiger partial charge in [-0.1, -0.05) is 12.1 Å². The van der Waals surface area contributed by atoms with Crippen molar-refractivity contribution in [3.63, 3.8) is 0 Å². The first-order chi connectivity index (χ1) is 8.35. The summed E-state index contributed by atoms with van der Waals surface area (Å²) in [5.41, 5.74) is 0.814. The maximum Gasteiger partial charge on any atom is 0.257 e. The molecule has 1 aromatic heterocycles. The minimum atomic E-state index is 0.467. The number of benzene rings is 1. The van der Waals surface area contributed by atoms with E-state index in [1.807, 2.05) is 25.1 Å². The number of hydrogen-bond acceptors (Lipinski definition) is 5. The van der Waals surface area contributed by atoms with Crippen LogP contribution in [0.4, 0.5) is 0 Å². The van der Waals surface area contributed by atoms with Crippen LogP contribution in [0.15, 0.2) is 29.0 Å². The van der Waals surface area contributed by atoms with Crippen molar-refractivity contribution in [1.82, 2.24) is 10.1 Å². The van der Waals surface area contributed by atoms with Crippen molar-refractivity contribution in [2.75, 3.05) is 13.7 Å². The molecule has 0 fully saturated rings. The Hall–Kier alpha value is -2.04. The van der Waals surface area contributed by atoms with Crippen LogP contribution in [0, 0.1) is 0 Å². The molecular formula is C12H14N2O3. The second-order valence-electron chi connectivity index (χ2n) is 3.46. The summed E-state index contributed by atoms with van der Waals surface area (Å²) in [6, 6.07) is 5.51. The van der Waals surface area contributed by atoms with Crippen LogP contribution in [-0.2, 0) is 0 Å². The number of methoxy groups -OCH3 is 1. The highest BCUT2D eigenvalue weighted by atomic mass is 16.5. The maximum absolute atomic E-state index is 5.60. The van der Waals surface area contributed by atoms with Crippen LogP contribution < -0.4 is 9.47 Å². The number of hydrogen-bond donors (Lipinski definition) is 0. The monoisotopic (exact) mass is 234 g/mol. The Morgan fingerprint density at radius 3 is 2.82 bits per heavy atom. The Morgan fingerprint density at radius 2 is 2.18 bits per heavy atom. The van der Waals surface area contributed by atoms with E-state index in [-0.39, 0.29) is 0 Å². The van der Waals surface area contributed by atoms with Gasteiger partial charge in [0.2, 0.25) is 0 Å². The molecular weight excluding hydrogens is 220 g/mol. The average molecular weight is 234 g/mol. The molecule has 0 saturated heterocycles. The van der Waals surface area contributed by atoms with Crippen molar-refractivity contribution in [3.05, 3.63) is 24.5 Å². The molecule has 0 radical (unpaired) electrons. The van der Waals surface area contributed by atoms with Crippen molar-refractivity contribution in [2.24, 2.45) is 0 Å². The summed E-state index contributed by atoms with van der Waals surface area (Å²) in [7, 11) is 1.61. The van der Waals surface area contributed by atoms with Crippen LogP contribution >= 0.6 is 0 Å². The zero-order valence-corrected chi connectivity index (χ0v) is 9.84. The lowest BCUT2D eigenvalue weighted by Gasteiger charge is -2.10. The third-order valence-corrected chi connectivity index (χ3v) is 2.23. The highest BCUT2D eigenvalue weighted by Crippen LogP contribution is 2.31. The fourth-order valence-electron chi connectivity index (χ4n) is 1.43. The summed E-state index contributed by atoms with van der Waals surface area (Å²) in [6.07, 6.45) is 2.31. The lowest BCUT2D eigenvalue weighted by molar-refractivity contribution is 0.294. The third kappa shape index (κ3) is 2.55. The van der Waals surface area contributed by atoms with Gasteiger partial charge in [0.05, 0.1) is 13.7 Å². The molecule has 0 unspecified atom stereocenters. The van der Waals surface area contributed by atoms with E-state index in [9.17, 15) is 0 Å². The van der Waals surface area contributed by atoms with Crippen LogP contribution in [0.1, 0.15) is 13.3 Å². The Labute approximate surface area is 99.4 Å². The van der Waals surface area contributed by atoms with E-state index in [1.54, 1.807) is 7.11 Å². The van der Waals surface area contributed by atoms with Crippen molar-refractivity contribution in [3.8, 4) is 23.0 Å². The molecule has 0 amide bonds. The van der Waals surface area contributed by atoms with E-state index in [4.69, 9.17) is 14.0 Å². The smallest absolute Gasteiger partial charge is 0.257 e. The number of aromatic nitrogens is 2. The van der Waals surface area contributed by atoms with Gasteiger partial charge in [-0.2, -0.15) is 4.98 Å². The minimum absolute atomic E-state index is 0.467. The number of rotatable bonds is 5. The normalized spacial score (nSPS) is 10.2. The first-order valence-corrected chi connectivity index (χ1v) is 5.43. The summed E-state index contributed by atoms with van der Waals surface area (Å²) < 4.78 is 15.8. The van der Waals surface area contributed by atoms with E-state index in [1.165, 1.54) is 6.33 Å². The van der Waals surface area contributed by atoms with Gasteiger partial charge in [-0.15, -0.1) is 0 Å². The number of ether oxygens (including phenoxy) is 2. The lowest BCUT2D eigenvalue weighted by atomic mass is 10.2. The van der Waals surface area contributed by atoms with Gasteiger partial charge in [-0.25, -0.2) is 0 Å². The zero-order valence-electron chi connectivity index (χ0n) is 9.84. The Morgan fingerprint density at radius 1 is 1.29 bits per heavy atom. The van der Waals surface area contributed by atoms with E-state index in [2.05, 4.69) is 10.1 Å². The molecule has 5 heteroatoms. The zero-order chi connectivity index (χ0) is 12.1. The van der Waals surface area contributed by atoms with Crippen molar-refractivity contribution >= 4 is 0 Å². The van der Waals surface area contributed by atoms with E-state index < -0.39 is 0 Å². The van der Waals surface area contributed by atoms with Crippen molar-refractivity contribution in [2.45, 2.75) is 13.3 Å². The SMILES string of the molecule is CCCOc1cc(-c2ncno2)ccc1OC. The van der Waals surface area contributed by atoms with Crippen LogP contribution in [0.25, 0.3) is 11.5 Å². The molecule has 17 heavy (non-hydrogen) atoms. The summed E-state index contributed by atoms with van der Waals surface area (Å²) in [5, 5.41) is 3.57. The Kier molecular flexibility index (Phi) is 3.59. The first kappa shape index (κ1) is 11.4. The van der Waals surface area contributed by atoms with Crippen molar-refractivity contribution < 1.29 is 14.0 Å². The van der Waals surface area contributed by atoms with Crippen molar-refractivity contribution in [1.29, 1.82) is 0 Å². The molecule has 0 spiro atoms. The second kappa shape index (κ2) is 5.34. The molecule has 0 bridgehead atoms. The molecule has 1 aromatic carbocycles. The van der Waals surface area contributed by atoms with Gasteiger partial charge >= 0.3 is 0 Å². The molecule has 90 valence electrons. The second-order valence-corrected chi connectivity index (χ2v) is 3.46. The van der Waals surface area contributed by atoms with Crippen LogP contribution in [0.5, 0.6) is 11.5 Å². The Bertz CT molecular complexity index is 469. The molecule has 0 N–H and O–H groups in total. The molecule has 2 rings (SSSR count). The fourth-order valence-corrected chi connectivity index (χ4v) is 1.43. The van der Waals surface area contributed by atoms with Gasteiger partial charge in [0.25, 0.3) is 5.89 Å². The summed E-state index contributed by atoms with van der Waals surface area (Å²) in [4.78, 5) is 3.99. The predicted molar refractivity (Wildman–Crippen MR) is 62.1 cm³/mol. The molecule has 2 aromatic rings. The fraction of sp³-hybridized carbons (Fsp3) is 0.333. The van der Waals surface area contributed by atoms with Crippen LogP contribution in [0.2, 0.25) is 0 Å². The molecule has 0 aliphatic carbocycles. The van der Waals surface area contributed by atoms with Gasteiger partial charge in [0.15, 0.2) is 17.8 Å². The third-order valence-electron chi connectivity index (χ3n) is 2.23. The molecule has 0 atom stereocenters. The minimum Gasteiger partial charge on any atom is -0.493 e. The highest BCUT2D eigenvalue weighted by Gasteiger charge is 2.10. The maximum atomic E-state index is 5.60. The molecule has 5 nitrogen and oxygen atoms in total. The van der Waals surface area contributed by atoms with E-state index >= 15 is 0 Å². The summed E-state index contributed by atoms with van der Waals surface area (Å²) in [5.74, 6) is 1.85. The van der Waals surface area contributed by atoms with Gasteiger partial charge in [0, 0.05) is 5.56 Å². The Balaban J connectivity index is 2.31. The van der Waals surface area contributed by atoms with Crippen LogP contribution in [-0.4, -0.2) is 23.9 Å². The molecule has 1 heterocycles. The van der Waals surface area contributed by atoms with E-state index in [0.29, 0.717) is 24.0 Å². The van der Waals surface area contributed by atoms with Gasteiger partial charge < -0.3 is 14.0 Å². The predicted octanol–water partition coefficient (Wildman–Crippen LogP) is 2.53. The van der Waals surface area contributed by atoms with E-state index in [0.717, 1.165) is 12.0 Å². The van der Waals surface area contributed by atoms with Gasteiger partial charge in [0.1, 0.15) is 0 Å². The molecule has 0 aliphatic rings. The van der Waals surface area contributed by atoms with Crippen LogP contribution in [0.3, 0.4) is 0 Å². The largest absolute Gasteiger partial charge is 0.493 e. The standard InChI is InChI=1S/C12H14N2O3/c1-3-6-16-11-7-9(4-5-10(11)15-2)12-13-8-14-17-12/h4-5,7-8H,3,6H2,1-2H3. The highest BCUT2D eigenvalue weighted by molar-refractivity contribution is 5.59. The molecule has 0 aliphatic heterocycles. The summed E-state index contributed by atoms with van der Waals surface area (Å²) >= 11 is 0. The molecule has 0 saturated carbocycles. The number of nitrogens with zero attached hydrogens (tertiary/aromatic N) is 2. The van der Waals surface area contributed by atoms with Gasteiger partial charge in [-0.05, 0) is 24.6 Å². The van der Waals surface area contributed by atoms with Gasteiger partial charge in [-0.3, -0.25) is 0 Å². The quantitative estimate of drug-likeness (QED) is 0.795.